The molecule has 1 aromatic carbocycles. The van der Waals surface area contributed by atoms with E-state index in [1.54, 1.807) is 0 Å². The van der Waals surface area contributed by atoms with Crippen molar-refractivity contribution in [2.24, 2.45) is 5.73 Å². The summed E-state index contributed by atoms with van der Waals surface area (Å²) in [4.78, 5) is 2.22. The van der Waals surface area contributed by atoms with Crippen LogP contribution in [0.3, 0.4) is 0 Å². The number of halogens is 1. The summed E-state index contributed by atoms with van der Waals surface area (Å²) in [6, 6.07) is 5.04. The van der Waals surface area contributed by atoms with Crippen molar-refractivity contribution in [1.29, 1.82) is 0 Å². The van der Waals surface area contributed by atoms with E-state index in [9.17, 15) is 9.50 Å². The van der Waals surface area contributed by atoms with Gasteiger partial charge in [-0.1, -0.05) is 18.3 Å². The second-order valence-corrected chi connectivity index (χ2v) is 5.16. The van der Waals surface area contributed by atoms with Crippen LogP contribution in [0.15, 0.2) is 18.2 Å². The summed E-state index contributed by atoms with van der Waals surface area (Å²) in [6.07, 6.45) is 3.29. The Bertz CT molecular complexity index is 507. The minimum absolute atomic E-state index is 0.162. The number of nitrogens with two attached hydrogens (primary N) is 1. The molecule has 108 valence electrons. The molecule has 1 aromatic rings. The van der Waals surface area contributed by atoms with Crippen molar-refractivity contribution in [3.63, 3.8) is 0 Å². The van der Waals surface area contributed by atoms with Crippen molar-refractivity contribution in [3.8, 4) is 11.8 Å². The molecule has 1 saturated heterocycles. The number of benzene rings is 1. The summed E-state index contributed by atoms with van der Waals surface area (Å²) in [7, 11) is 0. The van der Waals surface area contributed by atoms with Crippen LogP contribution in [-0.4, -0.2) is 35.7 Å². The third-order valence-electron chi connectivity index (χ3n) is 3.64. The van der Waals surface area contributed by atoms with Crippen molar-refractivity contribution in [2.45, 2.75) is 31.8 Å². The highest BCUT2D eigenvalue weighted by Crippen LogP contribution is 2.20. The number of aliphatic hydroxyl groups excluding tert-OH is 1. The molecule has 0 spiro atoms. The summed E-state index contributed by atoms with van der Waals surface area (Å²) >= 11 is 0. The number of rotatable bonds is 3. The number of piperidine rings is 1. The standard InChI is InChI=1S/C16H21FN2O/c17-15-9-13(4-3-6-18)8-14(10-15)11-19-7-2-1-5-16(19)12-20/h8-10,16,20H,1-2,5-7,11-12,18H2. The van der Waals surface area contributed by atoms with Gasteiger partial charge in [0.15, 0.2) is 0 Å². The van der Waals surface area contributed by atoms with E-state index in [0.29, 0.717) is 12.1 Å². The summed E-state index contributed by atoms with van der Waals surface area (Å²) < 4.78 is 13.6. The SMILES string of the molecule is NCC#Cc1cc(F)cc(CN2CCCCC2CO)c1. The first-order valence-corrected chi connectivity index (χ1v) is 7.06. The molecule has 3 N–H and O–H groups in total. The van der Waals surface area contributed by atoms with E-state index in [4.69, 9.17) is 5.73 Å². The topological polar surface area (TPSA) is 49.5 Å². The van der Waals surface area contributed by atoms with Crippen LogP contribution >= 0.6 is 0 Å². The maximum atomic E-state index is 13.6. The Morgan fingerprint density at radius 2 is 2.20 bits per heavy atom. The van der Waals surface area contributed by atoms with Gasteiger partial charge in [-0.05, 0) is 43.1 Å². The van der Waals surface area contributed by atoms with Gasteiger partial charge in [0, 0.05) is 18.2 Å². The van der Waals surface area contributed by atoms with Gasteiger partial charge in [0.1, 0.15) is 5.82 Å². The molecule has 0 aromatic heterocycles. The summed E-state index contributed by atoms with van der Waals surface area (Å²) in [5.74, 6) is 5.33. The lowest BCUT2D eigenvalue weighted by atomic mass is 10.0. The first-order chi connectivity index (χ1) is 9.72. The van der Waals surface area contributed by atoms with Gasteiger partial charge in [0.25, 0.3) is 0 Å². The van der Waals surface area contributed by atoms with E-state index in [1.807, 2.05) is 6.07 Å². The Balaban J connectivity index is 2.13. The number of nitrogens with zero attached hydrogens (tertiary/aromatic N) is 1. The quantitative estimate of drug-likeness (QED) is 0.822. The second-order valence-electron chi connectivity index (χ2n) is 5.16. The zero-order valence-corrected chi connectivity index (χ0v) is 11.6. The monoisotopic (exact) mass is 276 g/mol. The van der Waals surface area contributed by atoms with Crippen LogP contribution in [0.1, 0.15) is 30.4 Å². The molecule has 1 aliphatic rings. The molecule has 0 aliphatic carbocycles. The molecule has 1 aliphatic heterocycles. The van der Waals surface area contributed by atoms with Crippen LogP contribution in [0.25, 0.3) is 0 Å². The molecule has 0 bridgehead atoms. The van der Waals surface area contributed by atoms with Crippen LogP contribution < -0.4 is 5.73 Å². The lowest BCUT2D eigenvalue weighted by molar-refractivity contribution is 0.0840. The fourth-order valence-corrected chi connectivity index (χ4v) is 2.68. The van der Waals surface area contributed by atoms with Gasteiger partial charge in [-0.15, -0.1) is 0 Å². The molecule has 0 saturated carbocycles. The first kappa shape index (κ1) is 15.0. The van der Waals surface area contributed by atoms with E-state index in [0.717, 1.165) is 31.4 Å². The number of likely N-dealkylation sites (tertiary alicyclic amines) is 1. The molecule has 0 amide bonds. The van der Waals surface area contributed by atoms with Gasteiger partial charge < -0.3 is 10.8 Å². The van der Waals surface area contributed by atoms with Gasteiger partial charge in [-0.25, -0.2) is 4.39 Å². The molecule has 0 radical (unpaired) electrons. The molecule has 1 unspecified atom stereocenters. The molecule has 1 fully saturated rings. The van der Waals surface area contributed by atoms with Crippen LogP contribution in [0, 0.1) is 17.7 Å². The molecule has 2 rings (SSSR count). The van der Waals surface area contributed by atoms with E-state index in [-0.39, 0.29) is 25.0 Å². The van der Waals surface area contributed by atoms with E-state index >= 15 is 0 Å². The Kier molecular flexibility index (Phi) is 5.54. The van der Waals surface area contributed by atoms with Crippen LogP contribution in [0.4, 0.5) is 4.39 Å². The molecular formula is C16H21FN2O. The molecule has 1 heterocycles. The summed E-state index contributed by atoms with van der Waals surface area (Å²) in [6.45, 7) is 2.03. The Morgan fingerprint density at radius 1 is 1.35 bits per heavy atom. The van der Waals surface area contributed by atoms with Gasteiger partial charge in [0.05, 0.1) is 13.2 Å². The predicted molar refractivity (Wildman–Crippen MR) is 77.5 cm³/mol. The summed E-state index contributed by atoms with van der Waals surface area (Å²) in [5, 5.41) is 9.41. The number of hydrogen-bond donors (Lipinski definition) is 2. The van der Waals surface area contributed by atoms with E-state index in [1.165, 1.54) is 12.1 Å². The van der Waals surface area contributed by atoms with Crippen molar-refractivity contribution in [3.05, 3.63) is 35.1 Å². The molecular weight excluding hydrogens is 255 g/mol. The summed E-state index contributed by atoms with van der Waals surface area (Å²) in [5.41, 5.74) is 6.89. The van der Waals surface area contributed by atoms with Gasteiger partial charge >= 0.3 is 0 Å². The average molecular weight is 276 g/mol. The zero-order chi connectivity index (χ0) is 14.4. The Hall–Kier alpha value is -1.41. The normalized spacial score (nSPS) is 19.4. The highest BCUT2D eigenvalue weighted by atomic mass is 19.1. The van der Waals surface area contributed by atoms with E-state index < -0.39 is 0 Å². The third-order valence-corrected chi connectivity index (χ3v) is 3.64. The predicted octanol–water partition coefficient (Wildman–Crippen LogP) is 1.48. The fraction of sp³-hybridized carbons (Fsp3) is 0.500. The minimum Gasteiger partial charge on any atom is -0.395 e. The highest BCUT2D eigenvalue weighted by Gasteiger charge is 2.21. The maximum absolute atomic E-state index is 13.6. The molecule has 3 nitrogen and oxygen atoms in total. The fourth-order valence-electron chi connectivity index (χ4n) is 2.68. The van der Waals surface area contributed by atoms with E-state index in [2.05, 4.69) is 16.7 Å². The molecule has 20 heavy (non-hydrogen) atoms. The van der Waals surface area contributed by atoms with Crippen LogP contribution in [-0.2, 0) is 6.54 Å². The largest absolute Gasteiger partial charge is 0.395 e. The lowest BCUT2D eigenvalue weighted by Crippen LogP contribution is -2.41. The number of hydrogen-bond acceptors (Lipinski definition) is 3. The Labute approximate surface area is 119 Å². The van der Waals surface area contributed by atoms with Crippen molar-refractivity contribution >= 4 is 0 Å². The second kappa shape index (κ2) is 7.39. The number of aliphatic hydroxyl groups is 1. The highest BCUT2D eigenvalue weighted by molar-refractivity contribution is 5.38. The van der Waals surface area contributed by atoms with Crippen molar-refractivity contribution in [1.82, 2.24) is 4.90 Å². The Morgan fingerprint density at radius 3 is 2.95 bits per heavy atom. The average Bonchev–Trinajstić information content (AvgIpc) is 2.45. The lowest BCUT2D eigenvalue weighted by Gasteiger charge is -2.34. The van der Waals surface area contributed by atoms with Gasteiger partial charge in [-0.2, -0.15) is 0 Å². The molecule has 4 heteroatoms. The third kappa shape index (κ3) is 4.04. The maximum Gasteiger partial charge on any atom is 0.124 e. The van der Waals surface area contributed by atoms with Crippen molar-refractivity contribution in [2.75, 3.05) is 19.7 Å². The molecule has 1 atom stereocenters. The zero-order valence-electron chi connectivity index (χ0n) is 11.6. The van der Waals surface area contributed by atoms with Gasteiger partial charge in [0.2, 0.25) is 0 Å². The van der Waals surface area contributed by atoms with Gasteiger partial charge in [-0.3, -0.25) is 4.90 Å². The van der Waals surface area contributed by atoms with Crippen LogP contribution in [0.5, 0.6) is 0 Å². The first-order valence-electron chi connectivity index (χ1n) is 7.06. The smallest absolute Gasteiger partial charge is 0.124 e. The van der Waals surface area contributed by atoms with Crippen LogP contribution in [0.2, 0.25) is 0 Å². The minimum atomic E-state index is -0.277. The van der Waals surface area contributed by atoms with Crippen molar-refractivity contribution < 1.29 is 9.50 Å².